The summed E-state index contributed by atoms with van der Waals surface area (Å²) >= 11 is 0. The molecule has 0 bridgehead atoms. The topological polar surface area (TPSA) is 56.7 Å². The highest BCUT2D eigenvalue weighted by molar-refractivity contribution is 5.45. The van der Waals surface area contributed by atoms with Crippen LogP contribution in [0.15, 0.2) is 18.2 Å². The van der Waals surface area contributed by atoms with Crippen molar-refractivity contribution in [2.24, 2.45) is 0 Å². The summed E-state index contributed by atoms with van der Waals surface area (Å²) in [5, 5.41) is 8.12. The first-order chi connectivity index (χ1) is 8.54. The van der Waals surface area contributed by atoms with Crippen LogP contribution < -0.4 is 5.73 Å². The van der Waals surface area contributed by atoms with E-state index >= 15 is 0 Å². The van der Waals surface area contributed by atoms with Crippen LogP contribution in [0, 0.1) is 6.92 Å². The molecule has 0 aliphatic heterocycles. The zero-order chi connectivity index (χ0) is 13.3. The summed E-state index contributed by atoms with van der Waals surface area (Å²) in [7, 11) is 0. The molecule has 0 aliphatic rings. The molecule has 0 atom stereocenters. The maximum atomic E-state index is 5.88. The van der Waals surface area contributed by atoms with Crippen molar-refractivity contribution in [3.63, 3.8) is 0 Å². The zero-order valence-corrected chi connectivity index (χ0v) is 11.4. The average molecular weight is 244 g/mol. The molecule has 2 N–H and O–H groups in total. The molecule has 0 amide bonds. The van der Waals surface area contributed by atoms with Crippen molar-refractivity contribution in [3.8, 4) is 5.69 Å². The Balaban J connectivity index is 2.52. The predicted octanol–water partition coefficient (Wildman–Crippen LogP) is 2.84. The van der Waals surface area contributed by atoms with Gasteiger partial charge in [0.05, 0.1) is 11.4 Å². The molecule has 4 nitrogen and oxygen atoms in total. The van der Waals surface area contributed by atoms with Crippen LogP contribution in [0.3, 0.4) is 0 Å². The fourth-order valence-electron chi connectivity index (χ4n) is 2.24. The Hall–Kier alpha value is -1.84. The molecule has 0 radical (unpaired) electrons. The Bertz CT molecular complexity index is 555. The molecule has 96 valence electrons. The van der Waals surface area contributed by atoms with Crippen molar-refractivity contribution >= 4 is 5.82 Å². The molecule has 0 aliphatic carbocycles. The average Bonchev–Trinajstić information content (AvgIpc) is 2.71. The highest BCUT2D eigenvalue weighted by atomic mass is 15.4. The summed E-state index contributed by atoms with van der Waals surface area (Å²) in [6.45, 7) is 8.48. The first-order valence-corrected chi connectivity index (χ1v) is 6.35. The second-order valence-electron chi connectivity index (χ2n) is 4.89. The number of aryl methyl sites for hydroxylation is 2. The second kappa shape index (κ2) is 4.80. The fourth-order valence-corrected chi connectivity index (χ4v) is 2.24. The highest BCUT2D eigenvalue weighted by Crippen LogP contribution is 2.23. The van der Waals surface area contributed by atoms with Crippen molar-refractivity contribution in [1.82, 2.24) is 15.0 Å². The molecule has 0 saturated carbocycles. The van der Waals surface area contributed by atoms with E-state index in [0.717, 1.165) is 17.8 Å². The highest BCUT2D eigenvalue weighted by Gasteiger charge is 2.15. The van der Waals surface area contributed by atoms with Crippen molar-refractivity contribution in [1.29, 1.82) is 0 Å². The smallest absolute Gasteiger partial charge is 0.169 e. The van der Waals surface area contributed by atoms with E-state index in [-0.39, 0.29) is 0 Å². The molecule has 2 rings (SSSR count). The minimum atomic E-state index is 0.297. The van der Waals surface area contributed by atoms with Gasteiger partial charge in [-0.3, -0.25) is 0 Å². The summed E-state index contributed by atoms with van der Waals surface area (Å²) in [6.07, 6.45) is 1.04. The first kappa shape index (κ1) is 12.6. The van der Waals surface area contributed by atoms with E-state index in [9.17, 15) is 0 Å². The van der Waals surface area contributed by atoms with E-state index in [1.54, 1.807) is 0 Å². The van der Waals surface area contributed by atoms with Crippen LogP contribution >= 0.6 is 0 Å². The van der Waals surface area contributed by atoms with Crippen LogP contribution in [0.2, 0.25) is 0 Å². The number of hydrogen-bond donors (Lipinski definition) is 1. The number of anilines is 1. The fraction of sp³-hybridized carbons (Fsp3) is 0.429. The van der Waals surface area contributed by atoms with Crippen LogP contribution in [0.5, 0.6) is 0 Å². The van der Waals surface area contributed by atoms with Crippen molar-refractivity contribution in [2.45, 2.75) is 40.0 Å². The molecule has 1 aromatic heterocycles. The lowest BCUT2D eigenvalue weighted by Crippen LogP contribution is -2.06. The van der Waals surface area contributed by atoms with Crippen molar-refractivity contribution in [3.05, 3.63) is 35.0 Å². The van der Waals surface area contributed by atoms with E-state index in [4.69, 9.17) is 5.73 Å². The SMILES string of the molecule is CCc1ccc(-n2nnc(N)c2C(C)C)cc1C. The number of benzene rings is 1. The molecule has 0 saturated heterocycles. The Morgan fingerprint density at radius 2 is 2.06 bits per heavy atom. The van der Waals surface area contributed by atoms with E-state index in [1.807, 2.05) is 4.68 Å². The first-order valence-electron chi connectivity index (χ1n) is 6.35. The van der Waals surface area contributed by atoms with Crippen molar-refractivity contribution < 1.29 is 0 Å². The minimum Gasteiger partial charge on any atom is -0.381 e. The summed E-state index contributed by atoms with van der Waals surface area (Å²) in [6, 6.07) is 6.36. The summed E-state index contributed by atoms with van der Waals surface area (Å²) in [5.41, 5.74) is 10.5. The third-order valence-corrected chi connectivity index (χ3v) is 3.23. The number of nitrogens with two attached hydrogens (primary N) is 1. The molecule has 4 heteroatoms. The largest absolute Gasteiger partial charge is 0.381 e. The van der Waals surface area contributed by atoms with Gasteiger partial charge in [-0.15, -0.1) is 5.10 Å². The Kier molecular flexibility index (Phi) is 3.36. The zero-order valence-electron chi connectivity index (χ0n) is 11.4. The number of nitrogen functional groups attached to an aromatic ring is 1. The van der Waals surface area contributed by atoms with Gasteiger partial charge in [-0.2, -0.15) is 0 Å². The van der Waals surface area contributed by atoms with E-state index in [1.165, 1.54) is 11.1 Å². The monoisotopic (exact) mass is 244 g/mol. The van der Waals surface area contributed by atoms with Gasteiger partial charge in [0, 0.05) is 0 Å². The maximum Gasteiger partial charge on any atom is 0.169 e. The molecule has 0 fully saturated rings. The van der Waals surface area contributed by atoms with Gasteiger partial charge in [0.1, 0.15) is 0 Å². The van der Waals surface area contributed by atoms with Crippen LogP contribution in [-0.4, -0.2) is 15.0 Å². The molecular formula is C14H20N4. The Morgan fingerprint density at radius 3 is 2.61 bits per heavy atom. The summed E-state index contributed by atoms with van der Waals surface area (Å²) in [5.74, 6) is 0.813. The van der Waals surface area contributed by atoms with E-state index < -0.39 is 0 Å². The molecular weight excluding hydrogens is 224 g/mol. The standard InChI is InChI=1S/C14H20N4/c1-5-11-6-7-12(8-10(11)4)18-13(9(2)3)14(15)16-17-18/h6-9H,5,15H2,1-4H3. The third kappa shape index (κ3) is 2.10. The number of hydrogen-bond acceptors (Lipinski definition) is 3. The number of rotatable bonds is 3. The quantitative estimate of drug-likeness (QED) is 0.903. The van der Waals surface area contributed by atoms with Gasteiger partial charge < -0.3 is 5.73 Å². The van der Waals surface area contributed by atoms with Gasteiger partial charge in [0.25, 0.3) is 0 Å². The van der Waals surface area contributed by atoms with E-state index in [2.05, 4.69) is 56.2 Å². The summed E-state index contributed by atoms with van der Waals surface area (Å²) in [4.78, 5) is 0. The molecule has 2 aromatic rings. The van der Waals surface area contributed by atoms with Crippen LogP contribution in [0.25, 0.3) is 5.69 Å². The van der Waals surface area contributed by atoms with Crippen LogP contribution in [0.4, 0.5) is 5.82 Å². The number of nitrogens with zero attached hydrogens (tertiary/aromatic N) is 3. The van der Waals surface area contributed by atoms with Gasteiger partial charge >= 0.3 is 0 Å². The third-order valence-electron chi connectivity index (χ3n) is 3.23. The van der Waals surface area contributed by atoms with Gasteiger partial charge in [-0.1, -0.05) is 32.1 Å². The molecule has 0 spiro atoms. The van der Waals surface area contributed by atoms with Gasteiger partial charge in [-0.05, 0) is 42.5 Å². The molecule has 0 unspecified atom stereocenters. The predicted molar refractivity (Wildman–Crippen MR) is 74.0 cm³/mol. The van der Waals surface area contributed by atoms with Crippen molar-refractivity contribution in [2.75, 3.05) is 5.73 Å². The van der Waals surface area contributed by atoms with Crippen LogP contribution in [0.1, 0.15) is 43.5 Å². The lowest BCUT2D eigenvalue weighted by Gasteiger charge is -2.11. The molecule has 1 heterocycles. The lowest BCUT2D eigenvalue weighted by molar-refractivity contribution is 0.715. The van der Waals surface area contributed by atoms with Gasteiger partial charge in [0.2, 0.25) is 0 Å². The Morgan fingerprint density at radius 1 is 1.33 bits per heavy atom. The lowest BCUT2D eigenvalue weighted by atomic mass is 10.1. The molecule has 1 aromatic carbocycles. The molecule has 18 heavy (non-hydrogen) atoms. The Labute approximate surface area is 108 Å². The van der Waals surface area contributed by atoms with Gasteiger partial charge in [0.15, 0.2) is 5.82 Å². The maximum absolute atomic E-state index is 5.88. The van der Waals surface area contributed by atoms with Gasteiger partial charge in [-0.25, -0.2) is 4.68 Å². The van der Waals surface area contributed by atoms with E-state index in [0.29, 0.717) is 11.7 Å². The van der Waals surface area contributed by atoms with Crippen LogP contribution in [-0.2, 0) is 6.42 Å². The second-order valence-corrected chi connectivity index (χ2v) is 4.89. The normalized spacial score (nSPS) is 11.2. The number of aromatic nitrogens is 3. The minimum absolute atomic E-state index is 0.297. The summed E-state index contributed by atoms with van der Waals surface area (Å²) < 4.78 is 1.84.